The number of aryl methyl sites for hydroxylation is 2. The topological polar surface area (TPSA) is 33.1 Å². The van der Waals surface area contributed by atoms with Crippen LogP contribution >= 0.6 is 0 Å². The maximum absolute atomic E-state index is 4.46. The van der Waals surface area contributed by atoms with Gasteiger partial charge in [-0.05, 0) is 33.7 Å². The van der Waals surface area contributed by atoms with E-state index >= 15 is 0 Å². The molecule has 2 rings (SSSR count). The molecule has 0 aliphatic heterocycles. The van der Waals surface area contributed by atoms with Crippen molar-refractivity contribution in [3.63, 3.8) is 0 Å². The normalized spacial score (nSPS) is 15.8. The standard InChI is InChI=1S/C13H24N4/c1-10-13(11(2)17(4)15-10)9-16(3)8-7-14-12-5-6-12/h12,14H,5-9H2,1-4H3. The lowest BCUT2D eigenvalue weighted by molar-refractivity contribution is 0.322. The van der Waals surface area contributed by atoms with Gasteiger partial charge >= 0.3 is 0 Å². The molecule has 0 amide bonds. The second kappa shape index (κ2) is 5.19. The first kappa shape index (κ1) is 12.6. The number of aromatic nitrogens is 2. The molecule has 1 aromatic heterocycles. The molecule has 0 atom stereocenters. The molecule has 0 saturated heterocycles. The fraction of sp³-hybridized carbons (Fsp3) is 0.769. The van der Waals surface area contributed by atoms with E-state index in [9.17, 15) is 0 Å². The van der Waals surface area contributed by atoms with Crippen LogP contribution in [-0.4, -0.2) is 40.9 Å². The summed E-state index contributed by atoms with van der Waals surface area (Å²) in [4.78, 5) is 2.37. The SMILES string of the molecule is Cc1nn(C)c(C)c1CN(C)CCNC1CC1. The number of hydrogen-bond donors (Lipinski definition) is 1. The number of likely N-dealkylation sites (N-methyl/N-ethyl adjacent to an activating group) is 1. The average molecular weight is 236 g/mol. The average Bonchev–Trinajstić information content (AvgIpc) is 3.04. The van der Waals surface area contributed by atoms with Crippen LogP contribution in [0.3, 0.4) is 0 Å². The first-order valence-electron chi connectivity index (χ1n) is 6.49. The van der Waals surface area contributed by atoms with Crippen LogP contribution in [0.4, 0.5) is 0 Å². The predicted octanol–water partition coefficient (Wildman–Crippen LogP) is 1.22. The van der Waals surface area contributed by atoms with Crippen LogP contribution in [0.25, 0.3) is 0 Å². The molecule has 0 spiro atoms. The summed E-state index contributed by atoms with van der Waals surface area (Å²) in [6, 6.07) is 0.810. The van der Waals surface area contributed by atoms with E-state index in [4.69, 9.17) is 0 Å². The second-order valence-corrected chi connectivity index (χ2v) is 5.24. The summed E-state index contributed by atoms with van der Waals surface area (Å²) < 4.78 is 1.97. The summed E-state index contributed by atoms with van der Waals surface area (Å²) in [5, 5.41) is 8.00. The molecular formula is C13H24N4. The van der Waals surface area contributed by atoms with E-state index in [1.54, 1.807) is 0 Å². The van der Waals surface area contributed by atoms with Crippen LogP contribution in [0.2, 0.25) is 0 Å². The van der Waals surface area contributed by atoms with Crippen molar-refractivity contribution in [3.8, 4) is 0 Å². The van der Waals surface area contributed by atoms with Gasteiger partial charge in [0.1, 0.15) is 0 Å². The van der Waals surface area contributed by atoms with Gasteiger partial charge in [-0.25, -0.2) is 0 Å². The Balaban J connectivity index is 1.81. The molecule has 96 valence electrons. The van der Waals surface area contributed by atoms with E-state index in [1.807, 2.05) is 11.7 Å². The highest BCUT2D eigenvalue weighted by Gasteiger charge is 2.20. The van der Waals surface area contributed by atoms with Crippen molar-refractivity contribution in [1.82, 2.24) is 20.0 Å². The van der Waals surface area contributed by atoms with Gasteiger partial charge in [-0.2, -0.15) is 5.10 Å². The Kier molecular flexibility index (Phi) is 3.84. The molecule has 0 aromatic carbocycles. The highest BCUT2D eigenvalue weighted by Crippen LogP contribution is 2.18. The second-order valence-electron chi connectivity index (χ2n) is 5.24. The summed E-state index contributed by atoms with van der Waals surface area (Å²) in [5.74, 6) is 0. The summed E-state index contributed by atoms with van der Waals surface area (Å²) in [6.07, 6.45) is 2.73. The third kappa shape index (κ3) is 3.30. The van der Waals surface area contributed by atoms with Crippen LogP contribution in [0, 0.1) is 13.8 Å². The third-order valence-electron chi connectivity index (χ3n) is 3.59. The van der Waals surface area contributed by atoms with Crippen molar-refractivity contribution in [1.29, 1.82) is 0 Å². The minimum Gasteiger partial charge on any atom is -0.313 e. The molecule has 1 fully saturated rings. The number of nitrogens with zero attached hydrogens (tertiary/aromatic N) is 3. The number of rotatable bonds is 6. The Morgan fingerprint density at radius 1 is 1.41 bits per heavy atom. The van der Waals surface area contributed by atoms with Crippen LogP contribution in [-0.2, 0) is 13.6 Å². The monoisotopic (exact) mass is 236 g/mol. The van der Waals surface area contributed by atoms with Crippen LogP contribution in [0.15, 0.2) is 0 Å². The first-order chi connectivity index (χ1) is 8.08. The Hall–Kier alpha value is -0.870. The Labute approximate surface area is 104 Å². The zero-order valence-corrected chi connectivity index (χ0v) is 11.5. The van der Waals surface area contributed by atoms with Crippen molar-refractivity contribution in [2.75, 3.05) is 20.1 Å². The first-order valence-corrected chi connectivity index (χ1v) is 6.49. The maximum atomic E-state index is 4.46. The van der Waals surface area contributed by atoms with Gasteiger partial charge in [0.15, 0.2) is 0 Å². The van der Waals surface area contributed by atoms with Crippen molar-refractivity contribution in [2.45, 2.75) is 39.3 Å². The lowest BCUT2D eigenvalue weighted by atomic mass is 10.2. The fourth-order valence-corrected chi connectivity index (χ4v) is 2.14. The van der Waals surface area contributed by atoms with Gasteiger partial charge in [0, 0.05) is 44.0 Å². The van der Waals surface area contributed by atoms with Crippen molar-refractivity contribution in [3.05, 3.63) is 17.0 Å². The smallest absolute Gasteiger partial charge is 0.0641 e. The molecule has 0 unspecified atom stereocenters. The van der Waals surface area contributed by atoms with E-state index < -0.39 is 0 Å². The van der Waals surface area contributed by atoms with Crippen molar-refractivity contribution < 1.29 is 0 Å². The molecule has 4 heteroatoms. The molecule has 1 N–H and O–H groups in total. The van der Waals surface area contributed by atoms with Gasteiger partial charge < -0.3 is 10.2 Å². The highest BCUT2D eigenvalue weighted by molar-refractivity contribution is 5.24. The third-order valence-corrected chi connectivity index (χ3v) is 3.59. The highest BCUT2D eigenvalue weighted by atomic mass is 15.3. The van der Waals surface area contributed by atoms with E-state index in [1.165, 1.54) is 24.1 Å². The number of nitrogens with one attached hydrogen (secondary N) is 1. The lowest BCUT2D eigenvalue weighted by Crippen LogP contribution is -2.30. The Morgan fingerprint density at radius 2 is 2.12 bits per heavy atom. The van der Waals surface area contributed by atoms with Gasteiger partial charge in [-0.3, -0.25) is 4.68 Å². The Morgan fingerprint density at radius 3 is 2.65 bits per heavy atom. The van der Waals surface area contributed by atoms with Crippen molar-refractivity contribution >= 4 is 0 Å². The molecule has 0 bridgehead atoms. The van der Waals surface area contributed by atoms with Crippen molar-refractivity contribution in [2.24, 2.45) is 7.05 Å². The molecule has 1 saturated carbocycles. The maximum Gasteiger partial charge on any atom is 0.0641 e. The fourth-order valence-electron chi connectivity index (χ4n) is 2.14. The summed E-state index contributed by atoms with van der Waals surface area (Å²) in [6.45, 7) is 7.44. The minimum absolute atomic E-state index is 0.810. The quantitative estimate of drug-likeness (QED) is 0.806. The molecule has 4 nitrogen and oxygen atoms in total. The van der Waals surface area contributed by atoms with E-state index in [2.05, 4.69) is 36.2 Å². The van der Waals surface area contributed by atoms with E-state index in [0.717, 1.165) is 31.4 Å². The van der Waals surface area contributed by atoms with Crippen LogP contribution in [0.1, 0.15) is 29.8 Å². The zero-order valence-electron chi connectivity index (χ0n) is 11.5. The predicted molar refractivity (Wildman–Crippen MR) is 70.0 cm³/mol. The van der Waals surface area contributed by atoms with E-state index in [-0.39, 0.29) is 0 Å². The molecule has 1 aliphatic rings. The van der Waals surface area contributed by atoms with Gasteiger partial charge in [0.05, 0.1) is 5.69 Å². The number of hydrogen-bond acceptors (Lipinski definition) is 3. The van der Waals surface area contributed by atoms with Crippen LogP contribution in [0.5, 0.6) is 0 Å². The molecule has 1 aliphatic carbocycles. The minimum atomic E-state index is 0.810. The molecule has 1 aromatic rings. The van der Waals surface area contributed by atoms with Gasteiger partial charge in [-0.1, -0.05) is 0 Å². The molecular weight excluding hydrogens is 212 g/mol. The largest absolute Gasteiger partial charge is 0.313 e. The summed E-state index contributed by atoms with van der Waals surface area (Å²) >= 11 is 0. The molecule has 1 heterocycles. The summed E-state index contributed by atoms with van der Waals surface area (Å²) in [7, 11) is 4.20. The van der Waals surface area contributed by atoms with E-state index in [0.29, 0.717) is 0 Å². The zero-order chi connectivity index (χ0) is 12.4. The van der Waals surface area contributed by atoms with Gasteiger partial charge in [-0.15, -0.1) is 0 Å². The Bertz CT molecular complexity index is 379. The van der Waals surface area contributed by atoms with Gasteiger partial charge in [0.2, 0.25) is 0 Å². The van der Waals surface area contributed by atoms with Gasteiger partial charge in [0.25, 0.3) is 0 Å². The summed E-state index contributed by atoms with van der Waals surface area (Å²) in [5.41, 5.74) is 3.82. The van der Waals surface area contributed by atoms with Crippen LogP contribution < -0.4 is 5.32 Å². The molecule has 0 radical (unpaired) electrons. The lowest BCUT2D eigenvalue weighted by Gasteiger charge is -2.17. The molecule has 17 heavy (non-hydrogen) atoms.